The fraction of sp³-hybridized carbons (Fsp3) is 0.941. The monoisotopic (exact) mass is 439 g/mol. The molecule has 25 heavy (non-hydrogen) atoms. The summed E-state index contributed by atoms with van der Waals surface area (Å²) in [5.41, 5.74) is -1.60. The van der Waals surface area contributed by atoms with Crippen LogP contribution >= 0.6 is 15.9 Å². The van der Waals surface area contributed by atoms with Crippen molar-refractivity contribution in [3.63, 3.8) is 0 Å². The molecule has 0 aromatic rings. The number of halogens is 1. The topological polar surface area (TPSA) is 72.9 Å². The summed E-state index contributed by atoms with van der Waals surface area (Å²) in [5, 5.41) is 0.412. The average molecular weight is 440 g/mol. The third-order valence-corrected chi connectivity index (χ3v) is 9.99. The molecule has 146 valence electrons. The molecule has 0 bridgehead atoms. The number of amides is 1. The molecule has 2 aliphatic rings. The molecule has 0 radical (unpaired) electrons. The van der Waals surface area contributed by atoms with Gasteiger partial charge in [0.15, 0.2) is 9.84 Å². The van der Waals surface area contributed by atoms with Crippen LogP contribution in [0.15, 0.2) is 0 Å². The molecule has 2 rings (SSSR count). The van der Waals surface area contributed by atoms with Crippen LogP contribution in [0.25, 0.3) is 0 Å². The molecule has 8 heteroatoms. The second-order valence-corrected chi connectivity index (χ2v) is 12.5. The maximum Gasteiger partial charge on any atom is 0.412 e. The third kappa shape index (κ3) is 3.46. The fourth-order valence-electron chi connectivity index (χ4n) is 3.32. The van der Waals surface area contributed by atoms with E-state index in [1.54, 1.807) is 48.5 Å². The molecule has 0 aromatic carbocycles. The first kappa shape index (κ1) is 21.0. The highest BCUT2D eigenvalue weighted by Gasteiger charge is 2.64. The van der Waals surface area contributed by atoms with Crippen molar-refractivity contribution in [1.82, 2.24) is 4.90 Å². The zero-order valence-corrected chi connectivity index (χ0v) is 18.6. The molecule has 0 spiro atoms. The van der Waals surface area contributed by atoms with Crippen LogP contribution in [-0.2, 0) is 19.3 Å². The maximum atomic E-state index is 13.4. The molecular weight excluding hydrogens is 410 g/mol. The van der Waals surface area contributed by atoms with Gasteiger partial charge < -0.3 is 9.47 Å². The molecule has 1 heterocycles. The van der Waals surface area contributed by atoms with Gasteiger partial charge in [-0.05, 0) is 61.3 Å². The zero-order chi connectivity index (χ0) is 19.5. The van der Waals surface area contributed by atoms with Crippen LogP contribution in [0.2, 0.25) is 0 Å². The Morgan fingerprint density at radius 2 is 1.76 bits per heavy atom. The number of carbonyl (C=O) groups excluding carboxylic acids is 1. The SMILES string of the molecule is CC(C)(C)OC(=O)N1C(C(C)(C)S(=O)(=O)C2(CBr)CC2)COC1(C)C. The van der Waals surface area contributed by atoms with Gasteiger partial charge in [0.2, 0.25) is 0 Å². The Labute approximate surface area is 159 Å². The lowest BCUT2D eigenvalue weighted by Gasteiger charge is -2.42. The minimum Gasteiger partial charge on any atom is -0.444 e. The van der Waals surface area contributed by atoms with Crippen molar-refractivity contribution in [3.8, 4) is 0 Å². The number of sulfone groups is 1. The number of ether oxygens (including phenoxy) is 2. The Kier molecular flexibility index (Phi) is 5.11. The highest BCUT2D eigenvalue weighted by molar-refractivity contribution is 9.09. The van der Waals surface area contributed by atoms with Crippen molar-refractivity contribution < 1.29 is 22.7 Å². The lowest BCUT2D eigenvalue weighted by Crippen LogP contribution is -2.60. The molecule has 1 saturated carbocycles. The minimum absolute atomic E-state index is 0.164. The molecule has 1 unspecified atom stereocenters. The van der Waals surface area contributed by atoms with Crippen molar-refractivity contribution in [3.05, 3.63) is 0 Å². The average Bonchev–Trinajstić information content (AvgIpc) is 3.15. The van der Waals surface area contributed by atoms with E-state index in [4.69, 9.17) is 9.47 Å². The standard InChI is InChI=1S/C17H30BrNO5S/c1-14(2,3)24-13(20)19-12(10-23-16(19,6)7)15(4,5)25(21,22)17(11-18)8-9-17/h12H,8-11H2,1-7H3. The lowest BCUT2D eigenvalue weighted by atomic mass is 10.0. The van der Waals surface area contributed by atoms with Crippen molar-refractivity contribution in [2.45, 2.75) is 88.2 Å². The first-order chi connectivity index (χ1) is 11.1. The first-order valence-corrected chi connectivity index (χ1v) is 11.2. The van der Waals surface area contributed by atoms with Crippen molar-refractivity contribution in [1.29, 1.82) is 0 Å². The Bertz CT molecular complexity index is 646. The molecule has 1 aliphatic heterocycles. The largest absolute Gasteiger partial charge is 0.444 e. The van der Waals surface area contributed by atoms with Crippen molar-refractivity contribution in [2.75, 3.05) is 11.9 Å². The number of alkyl halides is 1. The van der Waals surface area contributed by atoms with E-state index >= 15 is 0 Å². The number of carbonyl (C=O) groups is 1. The number of hydrogen-bond acceptors (Lipinski definition) is 5. The third-order valence-electron chi connectivity index (χ3n) is 5.19. The van der Waals surface area contributed by atoms with Crippen LogP contribution in [-0.4, -0.2) is 58.2 Å². The van der Waals surface area contributed by atoms with Crippen LogP contribution < -0.4 is 0 Å². The summed E-state index contributed by atoms with van der Waals surface area (Å²) in [6, 6.07) is -0.612. The smallest absolute Gasteiger partial charge is 0.412 e. The van der Waals surface area contributed by atoms with Crippen molar-refractivity contribution in [2.24, 2.45) is 0 Å². The van der Waals surface area contributed by atoms with Gasteiger partial charge >= 0.3 is 6.09 Å². The van der Waals surface area contributed by atoms with Gasteiger partial charge in [0, 0.05) is 5.33 Å². The lowest BCUT2D eigenvalue weighted by molar-refractivity contribution is -0.0634. The van der Waals surface area contributed by atoms with Gasteiger partial charge in [0.1, 0.15) is 11.3 Å². The minimum atomic E-state index is -3.50. The maximum absolute atomic E-state index is 13.4. The van der Waals surface area contributed by atoms with Gasteiger partial charge in [-0.1, -0.05) is 15.9 Å². The van der Waals surface area contributed by atoms with E-state index in [0.29, 0.717) is 18.2 Å². The van der Waals surface area contributed by atoms with E-state index in [-0.39, 0.29) is 6.61 Å². The Morgan fingerprint density at radius 1 is 1.24 bits per heavy atom. The predicted octanol–water partition coefficient (Wildman–Crippen LogP) is 3.48. The highest BCUT2D eigenvalue weighted by Crippen LogP contribution is 2.51. The summed E-state index contributed by atoms with van der Waals surface area (Å²) in [7, 11) is -3.50. The van der Waals surface area contributed by atoms with E-state index in [0.717, 1.165) is 0 Å². The highest BCUT2D eigenvalue weighted by atomic mass is 79.9. The van der Waals surface area contributed by atoms with Crippen molar-refractivity contribution >= 4 is 31.9 Å². The molecule has 1 atom stereocenters. The van der Waals surface area contributed by atoms with Crippen LogP contribution in [0.5, 0.6) is 0 Å². The number of nitrogens with zero attached hydrogens (tertiary/aromatic N) is 1. The van der Waals surface area contributed by atoms with Gasteiger partial charge in [-0.15, -0.1) is 0 Å². The van der Waals surface area contributed by atoms with Crippen LogP contribution in [0.3, 0.4) is 0 Å². The quantitative estimate of drug-likeness (QED) is 0.626. The second-order valence-electron chi connectivity index (χ2n) is 9.05. The molecular formula is C17H30BrNO5S. The van der Waals surface area contributed by atoms with E-state index < -0.39 is 42.8 Å². The summed E-state index contributed by atoms with van der Waals surface area (Å²) in [6.45, 7) is 12.4. The molecule has 0 N–H and O–H groups in total. The summed E-state index contributed by atoms with van der Waals surface area (Å²) >= 11 is 3.36. The fourth-order valence-corrected chi connectivity index (χ4v) is 7.22. The molecule has 0 aromatic heterocycles. The number of rotatable bonds is 4. The molecule has 1 amide bonds. The van der Waals surface area contributed by atoms with Gasteiger partial charge in [0.05, 0.1) is 22.1 Å². The van der Waals surface area contributed by atoms with Gasteiger partial charge in [-0.2, -0.15) is 0 Å². The van der Waals surface area contributed by atoms with E-state index in [1.807, 2.05) is 0 Å². The number of hydrogen-bond donors (Lipinski definition) is 0. The zero-order valence-electron chi connectivity index (χ0n) is 16.2. The Hall–Kier alpha value is -0.340. The normalized spacial score (nSPS) is 25.8. The van der Waals surface area contributed by atoms with Crippen LogP contribution in [0, 0.1) is 0 Å². The van der Waals surface area contributed by atoms with Gasteiger partial charge in [-0.25, -0.2) is 13.2 Å². The van der Waals surface area contributed by atoms with E-state index in [9.17, 15) is 13.2 Å². The predicted molar refractivity (Wildman–Crippen MR) is 101 cm³/mol. The second kappa shape index (κ2) is 6.09. The molecule has 6 nitrogen and oxygen atoms in total. The molecule has 2 fully saturated rings. The van der Waals surface area contributed by atoms with Gasteiger partial charge in [-0.3, -0.25) is 4.90 Å². The Balaban J connectivity index is 2.40. The van der Waals surface area contributed by atoms with Crippen LogP contribution in [0.1, 0.15) is 61.3 Å². The van der Waals surface area contributed by atoms with Gasteiger partial charge in [0.25, 0.3) is 0 Å². The molecule has 1 aliphatic carbocycles. The first-order valence-electron chi connectivity index (χ1n) is 8.58. The summed E-state index contributed by atoms with van der Waals surface area (Å²) < 4.78 is 36.1. The summed E-state index contributed by atoms with van der Waals surface area (Å²) in [4.78, 5) is 14.3. The van der Waals surface area contributed by atoms with E-state index in [2.05, 4.69) is 15.9 Å². The summed E-state index contributed by atoms with van der Waals surface area (Å²) in [6.07, 6.45) is 0.743. The van der Waals surface area contributed by atoms with E-state index in [1.165, 1.54) is 4.90 Å². The molecule has 1 saturated heterocycles. The Morgan fingerprint density at radius 3 is 2.16 bits per heavy atom. The van der Waals surface area contributed by atoms with Crippen LogP contribution in [0.4, 0.5) is 4.79 Å². The summed E-state index contributed by atoms with van der Waals surface area (Å²) in [5.74, 6) is 0.